The van der Waals surface area contributed by atoms with Gasteiger partial charge in [0.15, 0.2) is 6.61 Å². The number of H-pyrrole nitrogens is 1. The lowest BCUT2D eigenvalue weighted by Gasteiger charge is -2.17. The molecule has 1 N–H and O–H groups in total. The van der Waals surface area contributed by atoms with Crippen molar-refractivity contribution >= 4 is 11.9 Å². The summed E-state index contributed by atoms with van der Waals surface area (Å²) in [6.45, 7) is 1.56. The molecule has 0 spiro atoms. The predicted molar refractivity (Wildman–Crippen MR) is 104 cm³/mol. The van der Waals surface area contributed by atoms with Crippen molar-refractivity contribution in [1.82, 2.24) is 14.5 Å². The molecular weight excluding hydrogens is 377 g/mol. The number of benzene rings is 2. The largest absolute Gasteiger partial charge is 0.452 e. The molecule has 0 aliphatic heterocycles. The van der Waals surface area contributed by atoms with Gasteiger partial charge in [-0.3, -0.25) is 9.36 Å². The van der Waals surface area contributed by atoms with E-state index in [0.29, 0.717) is 11.3 Å². The summed E-state index contributed by atoms with van der Waals surface area (Å²) < 4.78 is 19.8. The van der Waals surface area contributed by atoms with Crippen molar-refractivity contribution in [3.8, 4) is 5.69 Å². The Hall–Kier alpha value is -3.68. The monoisotopic (exact) mass is 397 g/mol. The van der Waals surface area contributed by atoms with Crippen LogP contribution >= 0.6 is 0 Å². The molecule has 0 atom stereocenters. The van der Waals surface area contributed by atoms with Crippen LogP contribution in [0.15, 0.2) is 59.5 Å². The van der Waals surface area contributed by atoms with Gasteiger partial charge in [0.25, 0.3) is 5.91 Å². The molecule has 7 nitrogen and oxygen atoms in total. The van der Waals surface area contributed by atoms with Gasteiger partial charge in [0.2, 0.25) is 0 Å². The van der Waals surface area contributed by atoms with Crippen molar-refractivity contribution in [3.05, 3.63) is 87.9 Å². The van der Waals surface area contributed by atoms with Gasteiger partial charge in [0.1, 0.15) is 5.82 Å². The molecular formula is C21H20FN3O4. The average Bonchev–Trinajstić information content (AvgIpc) is 3.04. The van der Waals surface area contributed by atoms with Gasteiger partial charge in [-0.05, 0) is 48.9 Å². The number of rotatable bonds is 6. The summed E-state index contributed by atoms with van der Waals surface area (Å²) in [6, 6.07) is 12.2. The van der Waals surface area contributed by atoms with Crippen LogP contribution < -0.4 is 5.69 Å². The third kappa shape index (κ3) is 4.78. The lowest BCUT2D eigenvalue weighted by molar-refractivity contribution is -0.133. The first-order valence-corrected chi connectivity index (χ1v) is 8.88. The fourth-order valence-electron chi connectivity index (χ4n) is 2.84. The summed E-state index contributed by atoms with van der Waals surface area (Å²) in [7, 11) is 1.55. The summed E-state index contributed by atoms with van der Waals surface area (Å²) in [6.07, 6.45) is 1.59. The van der Waals surface area contributed by atoms with Crippen LogP contribution in [0.1, 0.15) is 21.6 Å². The molecule has 1 heterocycles. The fraction of sp³-hybridized carbons (Fsp3) is 0.190. The number of likely N-dealkylation sites (N-methyl/N-ethyl adjacent to an activating group) is 1. The van der Waals surface area contributed by atoms with Crippen molar-refractivity contribution < 1.29 is 18.7 Å². The molecule has 150 valence electrons. The summed E-state index contributed by atoms with van der Waals surface area (Å²) in [4.78, 5) is 40.1. The Morgan fingerprint density at radius 3 is 2.52 bits per heavy atom. The van der Waals surface area contributed by atoms with Gasteiger partial charge in [-0.25, -0.2) is 14.0 Å². The summed E-state index contributed by atoms with van der Waals surface area (Å²) in [5.74, 6) is -1.44. The number of nitrogens with one attached hydrogen (secondary N) is 1. The second kappa shape index (κ2) is 8.55. The minimum atomic E-state index is -0.651. The number of carbonyl (C=O) groups excluding carboxylic acids is 2. The second-order valence-corrected chi connectivity index (χ2v) is 6.57. The van der Waals surface area contributed by atoms with Gasteiger partial charge < -0.3 is 14.6 Å². The standard InChI is InChI=1S/C21H20FN3O4/c1-14-11-23-21(28)25(14)18-8-6-16(7-9-18)20(27)29-13-19(26)24(2)12-15-4-3-5-17(22)10-15/h3-11H,12-13H2,1-2H3,(H,23,28). The highest BCUT2D eigenvalue weighted by Gasteiger charge is 2.15. The molecule has 8 heteroatoms. The van der Waals surface area contributed by atoms with Crippen molar-refractivity contribution in [1.29, 1.82) is 0 Å². The first kappa shape index (κ1) is 20.1. The molecule has 3 aromatic rings. The predicted octanol–water partition coefficient (Wildman–Crippen LogP) is 2.43. The minimum Gasteiger partial charge on any atom is -0.452 e. The lowest BCUT2D eigenvalue weighted by Crippen LogP contribution is -2.30. The van der Waals surface area contributed by atoms with E-state index in [2.05, 4.69) is 4.98 Å². The van der Waals surface area contributed by atoms with Crippen LogP contribution in [0.5, 0.6) is 0 Å². The molecule has 1 amide bonds. The van der Waals surface area contributed by atoms with E-state index in [9.17, 15) is 18.8 Å². The number of aromatic amines is 1. The molecule has 0 saturated carbocycles. The maximum Gasteiger partial charge on any atom is 0.338 e. The van der Waals surface area contributed by atoms with Crippen molar-refractivity contribution in [2.45, 2.75) is 13.5 Å². The molecule has 3 rings (SSSR count). The highest BCUT2D eigenvalue weighted by Crippen LogP contribution is 2.11. The third-order valence-corrected chi connectivity index (χ3v) is 4.38. The zero-order chi connectivity index (χ0) is 21.0. The van der Waals surface area contributed by atoms with E-state index < -0.39 is 18.5 Å². The summed E-state index contributed by atoms with van der Waals surface area (Å²) in [5.41, 5.74) is 1.96. The molecule has 0 aliphatic carbocycles. The number of aryl methyl sites for hydroxylation is 1. The van der Waals surface area contributed by atoms with Crippen LogP contribution in [-0.2, 0) is 16.1 Å². The Morgan fingerprint density at radius 1 is 1.17 bits per heavy atom. The number of hydrogen-bond donors (Lipinski definition) is 1. The van der Waals surface area contributed by atoms with Crippen molar-refractivity contribution in [3.63, 3.8) is 0 Å². The van der Waals surface area contributed by atoms with Gasteiger partial charge in [-0.2, -0.15) is 0 Å². The second-order valence-electron chi connectivity index (χ2n) is 6.57. The van der Waals surface area contributed by atoms with E-state index in [1.54, 1.807) is 44.4 Å². The SMILES string of the molecule is Cc1c[nH]c(=O)n1-c1ccc(C(=O)OCC(=O)N(C)Cc2cccc(F)c2)cc1. The van der Waals surface area contributed by atoms with Crippen LogP contribution in [0.2, 0.25) is 0 Å². The number of halogens is 1. The topological polar surface area (TPSA) is 84.4 Å². The van der Waals surface area contributed by atoms with Crippen LogP contribution in [0.4, 0.5) is 4.39 Å². The average molecular weight is 397 g/mol. The number of nitrogens with zero attached hydrogens (tertiary/aromatic N) is 2. The number of amides is 1. The zero-order valence-corrected chi connectivity index (χ0v) is 16.0. The maximum absolute atomic E-state index is 13.2. The van der Waals surface area contributed by atoms with E-state index >= 15 is 0 Å². The number of esters is 1. The molecule has 0 saturated heterocycles. The van der Waals surface area contributed by atoms with E-state index in [1.165, 1.54) is 33.7 Å². The quantitative estimate of drug-likeness (QED) is 0.648. The van der Waals surface area contributed by atoms with E-state index in [1.807, 2.05) is 0 Å². The first-order valence-electron chi connectivity index (χ1n) is 8.88. The number of ether oxygens (including phenoxy) is 1. The molecule has 0 bridgehead atoms. The Bertz CT molecular complexity index is 1090. The molecule has 0 unspecified atom stereocenters. The number of imidazole rings is 1. The summed E-state index contributed by atoms with van der Waals surface area (Å²) in [5, 5.41) is 0. The highest BCUT2D eigenvalue weighted by molar-refractivity contribution is 5.91. The first-order chi connectivity index (χ1) is 13.8. The van der Waals surface area contributed by atoms with Gasteiger partial charge in [-0.15, -0.1) is 0 Å². The molecule has 0 aliphatic rings. The Labute approximate surface area is 166 Å². The Balaban J connectivity index is 1.57. The van der Waals surface area contributed by atoms with Crippen molar-refractivity contribution in [2.24, 2.45) is 0 Å². The van der Waals surface area contributed by atoms with Crippen molar-refractivity contribution in [2.75, 3.05) is 13.7 Å². The van der Waals surface area contributed by atoms with Crippen LogP contribution in [0.25, 0.3) is 5.69 Å². The molecule has 29 heavy (non-hydrogen) atoms. The van der Waals surface area contributed by atoms with E-state index in [4.69, 9.17) is 4.74 Å². The molecule has 0 radical (unpaired) electrons. The lowest BCUT2D eigenvalue weighted by atomic mass is 10.2. The highest BCUT2D eigenvalue weighted by atomic mass is 19.1. The van der Waals surface area contributed by atoms with Crippen LogP contribution in [0.3, 0.4) is 0 Å². The maximum atomic E-state index is 13.2. The van der Waals surface area contributed by atoms with Gasteiger partial charge in [0.05, 0.1) is 11.3 Å². The third-order valence-electron chi connectivity index (χ3n) is 4.38. The molecule has 1 aromatic heterocycles. The normalized spacial score (nSPS) is 10.6. The number of carbonyl (C=O) groups is 2. The van der Waals surface area contributed by atoms with Gasteiger partial charge in [0, 0.05) is 25.5 Å². The zero-order valence-electron chi connectivity index (χ0n) is 16.0. The Morgan fingerprint density at radius 2 is 1.90 bits per heavy atom. The van der Waals surface area contributed by atoms with Crippen LogP contribution in [-0.4, -0.2) is 40.0 Å². The van der Waals surface area contributed by atoms with Crippen LogP contribution in [0, 0.1) is 12.7 Å². The van der Waals surface area contributed by atoms with E-state index in [0.717, 1.165) is 5.69 Å². The molecule has 2 aromatic carbocycles. The van der Waals surface area contributed by atoms with Gasteiger partial charge >= 0.3 is 11.7 Å². The molecule has 0 fully saturated rings. The number of hydrogen-bond acceptors (Lipinski definition) is 4. The van der Waals surface area contributed by atoms with E-state index in [-0.39, 0.29) is 23.6 Å². The smallest absolute Gasteiger partial charge is 0.338 e. The fourth-order valence-corrected chi connectivity index (χ4v) is 2.84. The van der Waals surface area contributed by atoms with Gasteiger partial charge in [-0.1, -0.05) is 12.1 Å². The minimum absolute atomic E-state index is 0.202. The number of aromatic nitrogens is 2. The Kier molecular flexibility index (Phi) is 5.92. The summed E-state index contributed by atoms with van der Waals surface area (Å²) >= 11 is 0.